The van der Waals surface area contributed by atoms with Gasteiger partial charge in [-0.1, -0.05) is 72.6 Å². The number of hydrogen-bond acceptors (Lipinski definition) is 2. The third-order valence-electron chi connectivity index (χ3n) is 7.51. The van der Waals surface area contributed by atoms with Crippen molar-refractivity contribution in [1.29, 1.82) is 0 Å². The monoisotopic (exact) mass is 416 g/mol. The summed E-state index contributed by atoms with van der Waals surface area (Å²) in [6.07, 6.45) is 12.8. The van der Waals surface area contributed by atoms with E-state index in [1.807, 2.05) is 13.8 Å². The summed E-state index contributed by atoms with van der Waals surface area (Å²) in [4.78, 5) is 0. The fourth-order valence-electron chi connectivity index (χ4n) is 5.12. The van der Waals surface area contributed by atoms with Crippen LogP contribution in [0.5, 0.6) is 11.5 Å². The van der Waals surface area contributed by atoms with E-state index < -0.39 is 0 Å². The van der Waals surface area contributed by atoms with Crippen molar-refractivity contribution in [1.82, 2.24) is 0 Å². The first kappa shape index (κ1) is 25.1. The summed E-state index contributed by atoms with van der Waals surface area (Å²) in [6.45, 7) is 17.9. The van der Waals surface area contributed by atoms with Gasteiger partial charge >= 0.3 is 0 Å². The standard InChI is InChI=1S/C28H48O2/c1-19(2)12-9-13-20(3)14-10-15-21(4)16-11-17-28(8)18-25-24(7)26(29)22(5)23(6)27(25)30-28/h19-21,29H,9-18H2,1-8H3/t20-,21-,28-/m1/s1. The Hall–Kier alpha value is -1.18. The Morgan fingerprint density at radius 3 is 1.90 bits per heavy atom. The van der Waals surface area contributed by atoms with Gasteiger partial charge in [0.05, 0.1) is 0 Å². The number of ether oxygens (including phenoxy) is 1. The lowest BCUT2D eigenvalue weighted by Crippen LogP contribution is -2.30. The molecule has 2 rings (SSSR count). The van der Waals surface area contributed by atoms with Gasteiger partial charge in [-0.05, 0) is 75.0 Å². The molecule has 0 fully saturated rings. The lowest BCUT2D eigenvalue weighted by Gasteiger charge is -2.25. The number of rotatable bonds is 12. The summed E-state index contributed by atoms with van der Waals surface area (Å²) in [5, 5.41) is 10.4. The van der Waals surface area contributed by atoms with Crippen molar-refractivity contribution in [2.24, 2.45) is 17.8 Å². The second kappa shape index (κ2) is 10.9. The summed E-state index contributed by atoms with van der Waals surface area (Å²) >= 11 is 0. The van der Waals surface area contributed by atoms with E-state index in [1.165, 1.54) is 56.9 Å². The zero-order valence-corrected chi connectivity index (χ0v) is 21.2. The molecule has 172 valence electrons. The normalized spacial score (nSPS) is 20.3. The molecule has 2 nitrogen and oxygen atoms in total. The fraction of sp³-hybridized carbons (Fsp3) is 0.786. The maximum atomic E-state index is 10.4. The average Bonchev–Trinajstić information content (AvgIpc) is 3.02. The minimum atomic E-state index is -0.122. The Morgan fingerprint density at radius 2 is 1.33 bits per heavy atom. The molecule has 1 aliphatic rings. The molecule has 1 N–H and O–H groups in total. The van der Waals surface area contributed by atoms with Gasteiger partial charge < -0.3 is 9.84 Å². The summed E-state index contributed by atoms with van der Waals surface area (Å²) in [5.74, 6) is 4.01. The van der Waals surface area contributed by atoms with Crippen molar-refractivity contribution < 1.29 is 9.84 Å². The van der Waals surface area contributed by atoms with Gasteiger partial charge in [-0.3, -0.25) is 0 Å². The molecule has 0 radical (unpaired) electrons. The number of phenols is 1. The number of hydrogen-bond donors (Lipinski definition) is 1. The molecule has 0 aliphatic carbocycles. The van der Waals surface area contributed by atoms with Crippen molar-refractivity contribution in [3.8, 4) is 11.5 Å². The number of benzene rings is 1. The molecular weight excluding hydrogens is 368 g/mol. The van der Waals surface area contributed by atoms with Crippen molar-refractivity contribution in [3.63, 3.8) is 0 Å². The van der Waals surface area contributed by atoms with Crippen LogP contribution in [0.4, 0.5) is 0 Å². The van der Waals surface area contributed by atoms with E-state index in [2.05, 4.69) is 41.5 Å². The van der Waals surface area contributed by atoms with E-state index in [-0.39, 0.29) is 5.60 Å². The highest BCUT2D eigenvalue weighted by molar-refractivity contribution is 5.59. The van der Waals surface area contributed by atoms with Gasteiger partial charge in [0.1, 0.15) is 17.1 Å². The third kappa shape index (κ3) is 6.66. The second-order valence-electron chi connectivity index (χ2n) is 11.1. The lowest BCUT2D eigenvalue weighted by atomic mass is 9.87. The molecule has 0 aromatic heterocycles. The van der Waals surface area contributed by atoms with Crippen molar-refractivity contribution in [2.45, 2.75) is 125 Å². The topological polar surface area (TPSA) is 29.5 Å². The Labute approximate surface area is 186 Å². The van der Waals surface area contributed by atoms with E-state index in [0.717, 1.165) is 53.0 Å². The number of phenolic OH excluding ortho intramolecular Hbond substituents is 1. The molecular formula is C28H48O2. The van der Waals surface area contributed by atoms with E-state index in [4.69, 9.17) is 4.74 Å². The first-order valence-corrected chi connectivity index (χ1v) is 12.5. The molecule has 0 bridgehead atoms. The molecule has 0 saturated carbocycles. The lowest BCUT2D eigenvalue weighted by molar-refractivity contribution is 0.0997. The number of fused-ring (bicyclic) bond motifs is 1. The van der Waals surface area contributed by atoms with Gasteiger partial charge in [-0.25, -0.2) is 0 Å². The quantitative estimate of drug-likeness (QED) is 0.370. The van der Waals surface area contributed by atoms with Gasteiger partial charge in [0, 0.05) is 12.0 Å². The smallest absolute Gasteiger partial charge is 0.127 e. The van der Waals surface area contributed by atoms with Crippen LogP contribution in [0.3, 0.4) is 0 Å². The Balaban J connectivity index is 1.71. The molecule has 0 amide bonds. The van der Waals surface area contributed by atoms with Crippen LogP contribution >= 0.6 is 0 Å². The summed E-state index contributed by atoms with van der Waals surface area (Å²) in [6, 6.07) is 0. The Morgan fingerprint density at radius 1 is 0.800 bits per heavy atom. The van der Waals surface area contributed by atoms with Gasteiger partial charge in [0.2, 0.25) is 0 Å². The van der Waals surface area contributed by atoms with Crippen LogP contribution in [0, 0.1) is 38.5 Å². The van der Waals surface area contributed by atoms with Crippen LogP contribution in [0.2, 0.25) is 0 Å². The first-order valence-electron chi connectivity index (χ1n) is 12.5. The molecule has 30 heavy (non-hydrogen) atoms. The van der Waals surface area contributed by atoms with E-state index in [9.17, 15) is 5.11 Å². The predicted octanol–water partition coefficient (Wildman–Crippen LogP) is 8.45. The summed E-state index contributed by atoms with van der Waals surface area (Å²) < 4.78 is 6.48. The van der Waals surface area contributed by atoms with Crippen LogP contribution in [-0.4, -0.2) is 10.7 Å². The van der Waals surface area contributed by atoms with Gasteiger partial charge in [0.25, 0.3) is 0 Å². The molecule has 1 heterocycles. The molecule has 0 unspecified atom stereocenters. The summed E-state index contributed by atoms with van der Waals surface area (Å²) in [7, 11) is 0. The highest BCUT2D eigenvalue weighted by Gasteiger charge is 2.37. The van der Waals surface area contributed by atoms with Crippen LogP contribution in [-0.2, 0) is 6.42 Å². The van der Waals surface area contributed by atoms with Crippen molar-refractivity contribution in [2.75, 3.05) is 0 Å². The zero-order chi connectivity index (χ0) is 22.5. The number of aromatic hydroxyl groups is 1. The zero-order valence-electron chi connectivity index (χ0n) is 21.2. The van der Waals surface area contributed by atoms with Crippen LogP contribution in [0.25, 0.3) is 0 Å². The van der Waals surface area contributed by atoms with E-state index in [0.29, 0.717) is 5.75 Å². The largest absolute Gasteiger partial charge is 0.507 e. The minimum absolute atomic E-state index is 0.122. The fourth-order valence-corrected chi connectivity index (χ4v) is 5.12. The van der Waals surface area contributed by atoms with Crippen LogP contribution < -0.4 is 4.74 Å². The van der Waals surface area contributed by atoms with E-state index in [1.54, 1.807) is 0 Å². The van der Waals surface area contributed by atoms with Crippen LogP contribution in [0.15, 0.2) is 0 Å². The van der Waals surface area contributed by atoms with Crippen molar-refractivity contribution >= 4 is 0 Å². The molecule has 0 saturated heterocycles. The molecule has 1 aromatic carbocycles. The highest BCUT2D eigenvalue weighted by Crippen LogP contribution is 2.46. The van der Waals surface area contributed by atoms with Crippen molar-refractivity contribution in [3.05, 3.63) is 22.3 Å². The first-order chi connectivity index (χ1) is 14.0. The molecule has 1 aromatic rings. The average molecular weight is 417 g/mol. The molecule has 1 aliphatic heterocycles. The van der Waals surface area contributed by atoms with Gasteiger partial charge in [-0.15, -0.1) is 0 Å². The predicted molar refractivity (Wildman–Crippen MR) is 130 cm³/mol. The Kier molecular flexibility index (Phi) is 9.13. The molecule has 2 heteroatoms. The van der Waals surface area contributed by atoms with Crippen LogP contribution in [0.1, 0.15) is 115 Å². The minimum Gasteiger partial charge on any atom is -0.507 e. The van der Waals surface area contributed by atoms with Gasteiger partial charge in [-0.2, -0.15) is 0 Å². The maximum Gasteiger partial charge on any atom is 0.127 e. The molecule has 3 atom stereocenters. The molecule has 0 spiro atoms. The Bertz CT molecular complexity index is 652. The second-order valence-corrected chi connectivity index (χ2v) is 11.1. The third-order valence-corrected chi connectivity index (χ3v) is 7.51. The maximum absolute atomic E-state index is 10.4. The van der Waals surface area contributed by atoms with E-state index >= 15 is 0 Å². The van der Waals surface area contributed by atoms with Gasteiger partial charge in [0.15, 0.2) is 0 Å². The highest BCUT2D eigenvalue weighted by atomic mass is 16.5. The summed E-state index contributed by atoms with van der Waals surface area (Å²) in [5.41, 5.74) is 4.17. The SMILES string of the molecule is Cc1c(C)c2c(c(C)c1O)C[C@@](C)(CCC[C@H](C)CCC[C@H](C)CCCC(C)C)O2.